The Hall–Kier alpha value is -2.20. The lowest BCUT2D eigenvalue weighted by Gasteiger charge is -2.18. The third kappa shape index (κ3) is 4.13. The highest BCUT2D eigenvalue weighted by Crippen LogP contribution is 2.24. The summed E-state index contributed by atoms with van der Waals surface area (Å²) in [5.74, 6) is -0.685. The van der Waals surface area contributed by atoms with Gasteiger partial charge in [-0.25, -0.2) is 4.39 Å². The third-order valence-electron chi connectivity index (χ3n) is 4.87. The van der Waals surface area contributed by atoms with Crippen molar-refractivity contribution in [3.05, 3.63) is 69.5 Å². The van der Waals surface area contributed by atoms with Gasteiger partial charge in [0.15, 0.2) is 5.78 Å². The van der Waals surface area contributed by atoms with Gasteiger partial charge in [-0.3, -0.25) is 9.59 Å². The second-order valence-corrected chi connectivity index (χ2v) is 7.12. The highest BCUT2D eigenvalue weighted by molar-refractivity contribution is 6.31. The molecule has 2 aromatic carbocycles. The number of nitrogens with zero attached hydrogens (tertiary/aromatic N) is 1. The molecule has 0 aliphatic heterocycles. The maximum absolute atomic E-state index is 13.8. The van der Waals surface area contributed by atoms with Crippen LogP contribution in [0.2, 0.25) is 5.02 Å². The zero-order valence-electron chi connectivity index (χ0n) is 14.7. The summed E-state index contributed by atoms with van der Waals surface area (Å²) in [5.41, 5.74) is 3.51. The van der Waals surface area contributed by atoms with E-state index in [0.717, 1.165) is 19.3 Å². The molecule has 0 aromatic heterocycles. The molecular formula is C21H21ClFNO2. The average molecular weight is 374 g/mol. The van der Waals surface area contributed by atoms with E-state index in [1.807, 2.05) is 18.2 Å². The maximum Gasteiger partial charge on any atom is 0.223 e. The summed E-state index contributed by atoms with van der Waals surface area (Å²) in [4.78, 5) is 26.1. The molecule has 0 bridgehead atoms. The second kappa shape index (κ2) is 8.00. The van der Waals surface area contributed by atoms with E-state index in [9.17, 15) is 14.0 Å². The number of hydrogen-bond acceptors (Lipinski definition) is 2. The zero-order valence-corrected chi connectivity index (χ0v) is 15.5. The number of amides is 1. The van der Waals surface area contributed by atoms with Gasteiger partial charge in [0.05, 0.1) is 0 Å². The first-order valence-electron chi connectivity index (χ1n) is 8.77. The van der Waals surface area contributed by atoms with Crippen LogP contribution in [0.1, 0.15) is 46.3 Å². The van der Waals surface area contributed by atoms with Crippen molar-refractivity contribution >= 4 is 23.3 Å². The van der Waals surface area contributed by atoms with Crippen molar-refractivity contribution < 1.29 is 14.0 Å². The van der Waals surface area contributed by atoms with E-state index >= 15 is 0 Å². The molecule has 0 heterocycles. The third-order valence-corrected chi connectivity index (χ3v) is 5.22. The van der Waals surface area contributed by atoms with Crippen molar-refractivity contribution in [1.82, 2.24) is 4.90 Å². The molecule has 0 N–H and O–H groups in total. The van der Waals surface area contributed by atoms with Gasteiger partial charge in [-0.15, -0.1) is 0 Å². The van der Waals surface area contributed by atoms with Gasteiger partial charge in [-0.2, -0.15) is 0 Å². The van der Waals surface area contributed by atoms with Crippen molar-refractivity contribution in [3.8, 4) is 0 Å². The minimum absolute atomic E-state index is 0.0367. The molecular weight excluding hydrogens is 353 g/mol. The van der Waals surface area contributed by atoms with Crippen molar-refractivity contribution in [2.45, 2.75) is 38.6 Å². The topological polar surface area (TPSA) is 37.4 Å². The Bertz CT molecular complexity index is 830. The largest absolute Gasteiger partial charge is 0.341 e. The van der Waals surface area contributed by atoms with Crippen LogP contribution in [0.3, 0.4) is 0 Å². The molecule has 5 heteroatoms. The van der Waals surface area contributed by atoms with Gasteiger partial charge in [0.25, 0.3) is 0 Å². The van der Waals surface area contributed by atoms with Gasteiger partial charge in [-0.05, 0) is 48.6 Å². The predicted octanol–water partition coefficient (Wildman–Crippen LogP) is 4.59. The van der Waals surface area contributed by atoms with Crippen molar-refractivity contribution in [2.75, 3.05) is 7.05 Å². The van der Waals surface area contributed by atoms with Gasteiger partial charge in [0, 0.05) is 42.6 Å². The first kappa shape index (κ1) is 18.6. The SMILES string of the molecule is CN(Cc1c(F)cccc1Cl)C(=O)CCC(=O)c1ccc2c(c1)CCC2. The lowest BCUT2D eigenvalue weighted by atomic mass is 10.0. The van der Waals surface area contributed by atoms with Crippen LogP contribution in [-0.2, 0) is 24.2 Å². The van der Waals surface area contributed by atoms with Crippen LogP contribution in [0, 0.1) is 5.82 Å². The van der Waals surface area contributed by atoms with Crippen LogP contribution in [-0.4, -0.2) is 23.6 Å². The Morgan fingerprint density at radius 1 is 1.12 bits per heavy atom. The normalized spacial score (nSPS) is 12.7. The van der Waals surface area contributed by atoms with E-state index in [0.29, 0.717) is 10.6 Å². The molecule has 0 saturated carbocycles. The fraction of sp³-hybridized carbons (Fsp3) is 0.333. The molecule has 0 unspecified atom stereocenters. The van der Waals surface area contributed by atoms with E-state index in [4.69, 9.17) is 11.6 Å². The molecule has 0 atom stereocenters. The zero-order chi connectivity index (χ0) is 18.7. The Balaban J connectivity index is 1.57. The molecule has 26 heavy (non-hydrogen) atoms. The number of Topliss-reactive ketones (excluding diaryl/α,β-unsaturated/α-hetero) is 1. The minimum Gasteiger partial charge on any atom is -0.341 e. The molecule has 136 valence electrons. The van der Waals surface area contributed by atoms with Crippen molar-refractivity contribution in [2.24, 2.45) is 0 Å². The van der Waals surface area contributed by atoms with Crippen LogP contribution in [0.15, 0.2) is 36.4 Å². The molecule has 3 rings (SSSR count). The monoisotopic (exact) mass is 373 g/mol. The number of benzene rings is 2. The maximum atomic E-state index is 13.8. The smallest absolute Gasteiger partial charge is 0.223 e. The number of hydrogen-bond donors (Lipinski definition) is 0. The van der Waals surface area contributed by atoms with E-state index < -0.39 is 5.82 Å². The molecule has 0 saturated heterocycles. The number of carbonyl (C=O) groups is 2. The number of rotatable bonds is 6. The lowest BCUT2D eigenvalue weighted by molar-refractivity contribution is -0.130. The van der Waals surface area contributed by atoms with E-state index in [1.165, 1.54) is 28.2 Å². The Morgan fingerprint density at radius 3 is 2.65 bits per heavy atom. The highest BCUT2D eigenvalue weighted by atomic mass is 35.5. The van der Waals surface area contributed by atoms with Crippen LogP contribution in [0.5, 0.6) is 0 Å². The molecule has 1 aliphatic rings. The molecule has 0 spiro atoms. The first-order chi connectivity index (χ1) is 12.5. The van der Waals surface area contributed by atoms with Crippen LogP contribution < -0.4 is 0 Å². The summed E-state index contributed by atoms with van der Waals surface area (Å²) in [7, 11) is 1.59. The number of ketones is 1. The van der Waals surface area contributed by atoms with Gasteiger partial charge < -0.3 is 4.90 Å². The molecule has 1 aliphatic carbocycles. The van der Waals surface area contributed by atoms with Gasteiger partial charge in [0.1, 0.15) is 5.82 Å². The van der Waals surface area contributed by atoms with Crippen LogP contribution in [0.4, 0.5) is 4.39 Å². The fourth-order valence-corrected chi connectivity index (χ4v) is 3.53. The summed E-state index contributed by atoms with van der Waals surface area (Å²) in [6.07, 6.45) is 3.47. The fourth-order valence-electron chi connectivity index (χ4n) is 3.31. The molecule has 0 radical (unpaired) electrons. The van der Waals surface area contributed by atoms with E-state index in [-0.39, 0.29) is 36.6 Å². The summed E-state index contributed by atoms with van der Waals surface area (Å²) >= 11 is 6.00. The number of halogens is 2. The van der Waals surface area contributed by atoms with Crippen molar-refractivity contribution in [1.29, 1.82) is 0 Å². The minimum atomic E-state index is -0.439. The molecule has 0 fully saturated rings. The Morgan fingerprint density at radius 2 is 1.88 bits per heavy atom. The highest BCUT2D eigenvalue weighted by Gasteiger charge is 2.17. The lowest BCUT2D eigenvalue weighted by Crippen LogP contribution is -2.27. The van der Waals surface area contributed by atoms with Crippen molar-refractivity contribution in [3.63, 3.8) is 0 Å². The quantitative estimate of drug-likeness (QED) is 0.694. The number of carbonyl (C=O) groups excluding carboxylic acids is 2. The molecule has 1 amide bonds. The number of fused-ring (bicyclic) bond motifs is 1. The van der Waals surface area contributed by atoms with Crippen LogP contribution >= 0.6 is 11.6 Å². The Kier molecular flexibility index (Phi) is 5.72. The number of aryl methyl sites for hydroxylation is 2. The standard InChI is InChI=1S/C21H21ClFNO2/c1-24(13-17-18(22)6-3-7-19(17)23)21(26)11-10-20(25)16-9-8-14-4-2-5-15(14)12-16/h3,6-9,12H,2,4-5,10-11,13H2,1H3. The van der Waals surface area contributed by atoms with Gasteiger partial charge in [0.2, 0.25) is 5.91 Å². The summed E-state index contributed by atoms with van der Waals surface area (Å²) in [6.45, 7) is 0.0807. The Labute approximate surface area is 157 Å². The van der Waals surface area contributed by atoms with Crippen LogP contribution in [0.25, 0.3) is 0 Å². The molecule has 3 nitrogen and oxygen atoms in total. The van der Waals surface area contributed by atoms with E-state index in [1.54, 1.807) is 13.1 Å². The summed E-state index contributed by atoms with van der Waals surface area (Å²) in [6, 6.07) is 10.3. The second-order valence-electron chi connectivity index (χ2n) is 6.71. The van der Waals surface area contributed by atoms with E-state index in [2.05, 4.69) is 0 Å². The molecule has 2 aromatic rings. The summed E-state index contributed by atoms with van der Waals surface area (Å²) in [5, 5.41) is 0.291. The predicted molar refractivity (Wildman–Crippen MR) is 99.9 cm³/mol. The first-order valence-corrected chi connectivity index (χ1v) is 9.15. The summed E-state index contributed by atoms with van der Waals surface area (Å²) < 4.78 is 13.8. The average Bonchev–Trinajstić information content (AvgIpc) is 3.10. The van der Waals surface area contributed by atoms with Gasteiger partial charge >= 0.3 is 0 Å². The van der Waals surface area contributed by atoms with Gasteiger partial charge in [-0.1, -0.05) is 29.8 Å².